The minimum Gasteiger partial charge on any atom is -0.508 e. The predicted molar refractivity (Wildman–Crippen MR) is 66.0 cm³/mol. The second-order valence-corrected chi connectivity index (χ2v) is 4.45. The molecule has 0 saturated carbocycles. The van der Waals surface area contributed by atoms with Gasteiger partial charge in [0.05, 0.1) is 11.6 Å². The van der Waals surface area contributed by atoms with Gasteiger partial charge >= 0.3 is 0 Å². The lowest BCUT2D eigenvalue weighted by Gasteiger charge is -2.34. The van der Waals surface area contributed by atoms with E-state index in [9.17, 15) is 13.9 Å². The van der Waals surface area contributed by atoms with E-state index in [0.29, 0.717) is 26.2 Å². The molecule has 2 rings (SSSR count). The Morgan fingerprint density at radius 2 is 2.00 bits per heavy atom. The summed E-state index contributed by atoms with van der Waals surface area (Å²) in [4.78, 5) is 1.64. The summed E-state index contributed by atoms with van der Waals surface area (Å²) in [5.41, 5.74) is 0.393. The van der Waals surface area contributed by atoms with Crippen molar-refractivity contribution in [3.63, 3.8) is 0 Å². The monoisotopic (exact) mass is 267 g/mol. The molecule has 4 nitrogen and oxygen atoms in total. The molecule has 0 unspecified atom stereocenters. The average molecular weight is 267 g/mol. The Morgan fingerprint density at radius 1 is 1.32 bits per heavy atom. The van der Waals surface area contributed by atoms with Gasteiger partial charge in [-0.05, 0) is 18.2 Å². The molecule has 1 aliphatic heterocycles. The third kappa shape index (κ3) is 3.00. The fourth-order valence-corrected chi connectivity index (χ4v) is 2.31. The number of nitriles is 1. The molecule has 102 valence electrons. The molecule has 0 aliphatic carbocycles. The van der Waals surface area contributed by atoms with Crippen LogP contribution in [-0.2, 0) is 0 Å². The number of benzene rings is 1. The van der Waals surface area contributed by atoms with E-state index < -0.39 is 12.5 Å². The van der Waals surface area contributed by atoms with Crippen molar-refractivity contribution in [2.75, 3.05) is 26.2 Å². The maximum Gasteiger partial charge on any atom is 0.258 e. The standard InChI is InChI=1S/C13H15F2N3O/c14-13(15)12(18-5-3-17-4-6-18)10-7-9(8-16)1-2-11(10)19/h1-2,7,12-13,17,19H,3-6H2/t12-/m1/s1. The van der Waals surface area contributed by atoms with Gasteiger partial charge in [-0.15, -0.1) is 0 Å². The van der Waals surface area contributed by atoms with Crippen LogP contribution in [0.4, 0.5) is 8.78 Å². The number of hydrogen-bond acceptors (Lipinski definition) is 4. The number of phenolic OH excluding ortho intramolecular Hbond substituents is 1. The lowest BCUT2D eigenvalue weighted by Crippen LogP contribution is -2.46. The van der Waals surface area contributed by atoms with Crippen LogP contribution >= 0.6 is 0 Å². The highest BCUT2D eigenvalue weighted by Crippen LogP contribution is 2.34. The molecule has 1 atom stereocenters. The number of hydrogen-bond donors (Lipinski definition) is 2. The van der Waals surface area contributed by atoms with E-state index in [1.165, 1.54) is 18.2 Å². The molecule has 1 aromatic carbocycles. The zero-order chi connectivity index (χ0) is 13.8. The van der Waals surface area contributed by atoms with E-state index >= 15 is 0 Å². The Bertz CT molecular complexity index is 481. The molecule has 1 aliphatic rings. The first-order valence-electron chi connectivity index (χ1n) is 6.09. The van der Waals surface area contributed by atoms with Crippen LogP contribution in [0.1, 0.15) is 17.2 Å². The maximum atomic E-state index is 13.3. The fraction of sp³-hybridized carbons (Fsp3) is 0.462. The van der Waals surface area contributed by atoms with Crippen molar-refractivity contribution in [3.8, 4) is 11.8 Å². The van der Waals surface area contributed by atoms with Gasteiger partial charge in [0.2, 0.25) is 0 Å². The highest BCUT2D eigenvalue weighted by atomic mass is 19.3. The number of phenols is 1. The van der Waals surface area contributed by atoms with Gasteiger partial charge < -0.3 is 10.4 Å². The van der Waals surface area contributed by atoms with Crippen molar-refractivity contribution in [2.24, 2.45) is 0 Å². The third-order valence-corrected chi connectivity index (χ3v) is 3.26. The highest BCUT2D eigenvalue weighted by molar-refractivity contribution is 5.43. The van der Waals surface area contributed by atoms with Gasteiger partial charge in [0.25, 0.3) is 6.43 Å². The molecule has 0 amide bonds. The summed E-state index contributed by atoms with van der Waals surface area (Å²) in [5.74, 6) is -0.192. The average Bonchev–Trinajstić information content (AvgIpc) is 2.42. The van der Waals surface area contributed by atoms with Crippen LogP contribution in [0.25, 0.3) is 0 Å². The minimum absolute atomic E-state index is 0.121. The van der Waals surface area contributed by atoms with E-state index in [0.717, 1.165) is 0 Å². The molecular formula is C13H15F2N3O. The maximum absolute atomic E-state index is 13.3. The Balaban J connectivity index is 2.35. The number of aromatic hydroxyl groups is 1. The van der Waals surface area contributed by atoms with Gasteiger partial charge in [-0.25, -0.2) is 8.78 Å². The molecule has 1 saturated heterocycles. The van der Waals surface area contributed by atoms with Gasteiger partial charge in [-0.2, -0.15) is 5.26 Å². The largest absolute Gasteiger partial charge is 0.508 e. The van der Waals surface area contributed by atoms with E-state index in [1.807, 2.05) is 6.07 Å². The molecule has 0 aromatic heterocycles. The second-order valence-electron chi connectivity index (χ2n) is 4.45. The van der Waals surface area contributed by atoms with E-state index in [-0.39, 0.29) is 16.9 Å². The molecule has 2 N–H and O–H groups in total. The SMILES string of the molecule is N#Cc1ccc(O)c([C@H](C(F)F)N2CCNCC2)c1. The Hall–Kier alpha value is -1.71. The van der Waals surface area contributed by atoms with Crippen molar-refractivity contribution >= 4 is 0 Å². The minimum atomic E-state index is -2.61. The van der Waals surface area contributed by atoms with Crippen molar-refractivity contribution in [2.45, 2.75) is 12.5 Å². The summed E-state index contributed by atoms with van der Waals surface area (Å²) in [6, 6.07) is 4.79. The molecule has 1 heterocycles. The van der Waals surface area contributed by atoms with E-state index in [4.69, 9.17) is 5.26 Å². The van der Waals surface area contributed by atoms with Crippen LogP contribution in [0.5, 0.6) is 5.75 Å². The van der Waals surface area contributed by atoms with Gasteiger partial charge in [0.15, 0.2) is 0 Å². The van der Waals surface area contributed by atoms with E-state index in [1.54, 1.807) is 4.90 Å². The molecule has 0 radical (unpaired) electrons. The van der Waals surface area contributed by atoms with Crippen molar-refractivity contribution in [1.29, 1.82) is 5.26 Å². The van der Waals surface area contributed by atoms with Gasteiger partial charge in [-0.3, -0.25) is 4.90 Å². The smallest absolute Gasteiger partial charge is 0.258 e. The van der Waals surface area contributed by atoms with Gasteiger partial charge in [-0.1, -0.05) is 0 Å². The Kier molecular flexibility index (Phi) is 4.30. The topological polar surface area (TPSA) is 59.3 Å². The summed E-state index contributed by atoms with van der Waals surface area (Å²) < 4.78 is 26.7. The normalized spacial score (nSPS) is 18.2. The highest BCUT2D eigenvalue weighted by Gasteiger charge is 2.32. The van der Waals surface area contributed by atoms with Crippen LogP contribution in [0, 0.1) is 11.3 Å². The van der Waals surface area contributed by atoms with Gasteiger partial charge in [0, 0.05) is 31.7 Å². The lowest BCUT2D eigenvalue weighted by atomic mass is 10.0. The summed E-state index contributed by atoms with van der Waals surface area (Å²) in [6.45, 7) is 2.26. The molecule has 1 fully saturated rings. The zero-order valence-corrected chi connectivity index (χ0v) is 10.3. The summed E-state index contributed by atoms with van der Waals surface area (Å²) >= 11 is 0. The van der Waals surface area contributed by atoms with Crippen molar-refractivity contribution in [1.82, 2.24) is 10.2 Å². The number of nitrogens with zero attached hydrogens (tertiary/aromatic N) is 2. The Morgan fingerprint density at radius 3 is 2.58 bits per heavy atom. The number of alkyl halides is 2. The fourth-order valence-electron chi connectivity index (χ4n) is 2.31. The van der Waals surface area contributed by atoms with Crippen LogP contribution in [0.2, 0.25) is 0 Å². The molecule has 0 spiro atoms. The predicted octanol–water partition coefficient (Wildman–Crippen LogP) is 1.48. The first-order valence-corrected chi connectivity index (χ1v) is 6.09. The first-order chi connectivity index (χ1) is 9.13. The molecule has 6 heteroatoms. The molecule has 19 heavy (non-hydrogen) atoms. The first kappa shape index (κ1) is 13.7. The third-order valence-electron chi connectivity index (χ3n) is 3.26. The Labute approximate surface area is 110 Å². The lowest BCUT2D eigenvalue weighted by molar-refractivity contribution is 0.0170. The van der Waals surface area contributed by atoms with E-state index in [2.05, 4.69) is 5.32 Å². The molecule has 1 aromatic rings. The molecule has 0 bridgehead atoms. The number of rotatable bonds is 3. The van der Waals surface area contributed by atoms with Gasteiger partial charge in [0.1, 0.15) is 11.8 Å². The summed E-state index contributed by atoms with van der Waals surface area (Å²) in [6.07, 6.45) is -2.61. The quantitative estimate of drug-likeness (QED) is 0.870. The number of nitrogens with one attached hydrogen (secondary N) is 1. The number of piperazine rings is 1. The second kappa shape index (κ2) is 5.95. The zero-order valence-electron chi connectivity index (χ0n) is 10.3. The van der Waals surface area contributed by atoms with Crippen LogP contribution in [-0.4, -0.2) is 42.6 Å². The van der Waals surface area contributed by atoms with Crippen LogP contribution < -0.4 is 5.32 Å². The van der Waals surface area contributed by atoms with Crippen LogP contribution in [0.15, 0.2) is 18.2 Å². The van der Waals surface area contributed by atoms with Crippen LogP contribution in [0.3, 0.4) is 0 Å². The van der Waals surface area contributed by atoms with Crippen molar-refractivity contribution in [3.05, 3.63) is 29.3 Å². The number of halogens is 2. The summed E-state index contributed by atoms with van der Waals surface area (Å²) in [5, 5.41) is 21.7. The van der Waals surface area contributed by atoms with Crippen molar-refractivity contribution < 1.29 is 13.9 Å². The molecular weight excluding hydrogens is 252 g/mol. The summed E-state index contributed by atoms with van der Waals surface area (Å²) in [7, 11) is 0.